The van der Waals surface area contributed by atoms with Gasteiger partial charge in [0, 0.05) is 11.9 Å². The van der Waals surface area contributed by atoms with Gasteiger partial charge in [0.2, 0.25) is 0 Å². The number of aliphatic hydroxyl groups excluding tert-OH is 1. The Balaban J connectivity index is 1.82. The second kappa shape index (κ2) is 6.47. The normalized spacial score (nSPS) is 27.1. The number of para-hydroxylation sites is 1. The Morgan fingerprint density at radius 3 is 2.70 bits per heavy atom. The minimum Gasteiger partial charge on any atom is -0.387 e. The number of nitrogens with zero attached hydrogens (tertiary/aromatic N) is 2. The zero-order chi connectivity index (χ0) is 16.4. The molecule has 0 spiro atoms. The van der Waals surface area contributed by atoms with Gasteiger partial charge in [-0.3, -0.25) is 4.57 Å². The topological polar surface area (TPSA) is 76.4 Å². The standard InChI is InChI=1S/C16H18FN3O3/c1-2-11-14(21)13(17)15(23-11)20-9-8-12(19-16(20)22)18-10-6-4-3-5-7-10/h3-9,11,13-15,21H,2H2,1H3,(H,18,19,22)/t11-,13+,14?,15-/m1/s1. The predicted octanol–water partition coefficient (Wildman–Crippen LogP) is 1.99. The molecular weight excluding hydrogens is 301 g/mol. The van der Waals surface area contributed by atoms with Gasteiger partial charge in [-0.2, -0.15) is 4.98 Å². The lowest BCUT2D eigenvalue weighted by Crippen LogP contribution is -2.33. The van der Waals surface area contributed by atoms with Crippen molar-refractivity contribution in [1.82, 2.24) is 9.55 Å². The van der Waals surface area contributed by atoms with Crippen molar-refractivity contribution in [3.63, 3.8) is 0 Å². The molecule has 0 aliphatic carbocycles. The molecule has 1 aromatic carbocycles. The van der Waals surface area contributed by atoms with Crippen molar-refractivity contribution < 1.29 is 14.2 Å². The van der Waals surface area contributed by atoms with E-state index in [1.165, 1.54) is 6.20 Å². The van der Waals surface area contributed by atoms with Crippen LogP contribution in [-0.4, -0.2) is 33.0 Å². The van der Waals surface area contributed by atoms with Gasteiger partial charge in [0.1, 0.15) is 11.9 Å². The van der Waals surface area contributed by atoms with E-state index >= 15 is 0 Å². The first kappa shape index (κ1) is 15.6. The number of hydrogen-bond donors (Lipinski definition) is 2. The first-order chi connectivity index (χ1) is 11.1. The number of nitrogens with one attached hydrogen (secondary N) is 1. The summed E-state index contributed by atoms with van der Waals surface area (Å²) in [5, 5.41) is 12.8. The fourth-order valence-electron chi connectivity index (χ4n) is 2.61. The molecule has 3 rings (SSSR count). The molecule has 0 saturated carbocycles. The minimum absolute atomic E-state index is 0.360. The van der Waals surface area contributed by atoms with Gasteiger partial charge in [-0.25, -0.2) is 9.18 Å². The van der Waals surface area contributed by atoms with Gasteiger partial charge in [-0.15, -0.1) is 0 Å². The van der Waals surface area contributed by atoms with E-state index in [9.17, 15) is 14.3 Å². The number of hydrogen-bond acceptors (Lipinski definition) is 5. The van der Waals surface area contributed by atoms with Crippen molar-refractivity contribution in [3.05, 3.63) is 53.1 Å². The van der Waals surface area contributed by atoms with E-state index in [1.807, 2.05) is 30.3 Å². The van der Waals surface area contributed by atoms with E-state index < -0.39 is 30.3 Å². The van der Waals surface area contributed by atoms with Crippen LogP contribution in [0.3, 0.4) is 0 Å². The molecule has 6 nitrogen and oxygen atoms in total. The highest BCUT2D eigenvalue weighted by molar-refractivity contribution is 5.54. The molecule has 1 aliphatic rings. The average molecular weight is 319 g/mol. The van der Waals surface area contributed by atoms with Crippen LogP contribution in [0.25, 0.3) is 0 Å². The SMILES string of the molecule is CC[C@H]1O[C@@H](n2ccc(Nc3ccccc3)nc2=O)[C@@H](F)C1O. The summed E-state index contributed by atoms with van der Waals surface area (Å²) >= 11 is 0. The van der Waals surface area contributed by atoms with Gasteiger partial charge in [0.15, 0.2) is 12.4 Å². The van der Waals surface area contributed by atoms with Crippen molar-refractivity contribution in [2.24, 2.45) is 0 Å². The third-order valence-electron chi connectivity index (χ3n) is 3.85. The summed E-state index contributed by atoms with van der Waals surface area (Å²) in [6.07, 6.45) is -2.78. The predicted molar refractivity (Wildman–Crippen MR) is 83.3 cm³/mol. The van der Waals surface area contributed by atoms with Crippen molar-refractivity contribution >= 4 is 11.5 Å². The van der Waals surface area contributed by atoms with Crippen molar-refractivity contribution in [2.75, 3.05) is 5.32 Å². The number of benzene rings is 1. The summed E-state index contributed by atoms with van der Waals surface area (Å²) in [6, 6.07) is 10.8. The summed E-state index contributed by atoms with van der Waals surface area (Å²) in [6.45, 7) is 1.79. The number of ether oxygens (including phenoxy) is 1. The quantitative estimate of drug-likeness (QED) is 0.901. The molecule has 0 radical (unpaired) electrons. The van der Waals surface area contributed by atoms with Gasteiger partial charge < -0.3 is 15.2 Å². The average Bonchev–Trinajstić information content (AvgIpc) is 2.84. The molecule has 1 aromatic heterocycles. The number of halogens is 1. The third kappa shape index (κ3) is 3.11. The number of aliphatic hydroxyl groups is 1. The number of aromatic nitrogens is 2. The molecule has 2 N–H and O–H groups in total. The highest BCUT2D eigenvalue weighted by Crippen LogP contribution is 2.32. The van der Waals surface area contributed by atoms with Crippen molar-refractivity contribution in [3.8, 4) is 0 Å². The summed E-state index contributed by atoms with van der Waals surface area (Å²) in [5.74, 6) is 0.360. The van der Waals surface area contributed by atoms with Crippen LogP contribution in [0.5, 0.6) is 0 Å². The zero-order valence-corrected chi connectivity index (χ0v) is 12.6. The highest BCUT2D eigenvalue weighted by Gasteiger charge is 2.44. The number of alkyl halides is 1. The zero-order valence-electron chi connectivity index (χ0n) is 12.6. The van der Waals surface area contributed by atoms with Crippen LogP contribution in [-0.2, 0) is 4.74 Å². The third-order valence-corrected chi connectivity index (χ3v) is 3.85. The second-order valence-electron chi connectivity index (χ2n) is 5.40. The molecule has 7 heteroatoms. The Kier molecular flexibility index (Phi) is 4.40. The molecule has 1 fully saturated rings. The lowest BCUT2D eigenvalue weighted by molar-refractivity contribution is -0.0279. The van der Waals surface area contributed by atoms with E-state index in [0.29, 0.717) is 12.2 Å². The van der Waals surface area contributed by atoms with Gasteiger partial charge in [-0.1, -0.05) is 25.1 Å². The first-order valence-electron chi connectivity index (χ1n) is 7.49. The summed E-state index contributed by atoms with van der Waals surface area (Å²) in [7, 11) is 0. The van der Waals surface area contributed by atoms with E-state index in [-0.39, 0.29) is 0 Å². The maximum Gasteiger partial charge on any atom is 0.351 e. The molecular formula is C16H18FN3O3. The molecule has 0 amide bonds. The molecule has 23 heavy (non-hydrogen) atoms. The molecule has 2 heterocycles. The summed E-state index contributed by atoms with van der Waals surface area (Å²) < 4.78 is 20.7. The lowest BCUT2D eigenvalue weighted by Gasteiger charge is -2.16. The Hall–Kier alpha value is -2.25. The van der Waals surface area contributed by atoms with Crippen LogP contribution in [0.1, 0.15) is 19.6 Å². The second-order valence-corrected chi connectivity index (χ2v) is 5.40. The van der Waals surface area contributed by atoms with E-state index in [4.69, 9.17) is 4.74 Å². The molecule has 1 saturated heterocycles. The highest BCUT2D eigenvalue weighted by atomic mass is 19.1. The monoisotopic (exact) mass is 319 g/mol. The van der Waals surface area contributed by atoms with E-state index in [2.05, 4.69) is 10.3 Å². The molecule has 1 unspecified atom stereocenters. The largest absolute Gasteiger partial charge is 0.387 e. The van der Waals surface area contributed by atoms with Crippen LogP contribution >= 0.6 is 0 Å². The van der Waals surface area contributed by atoms with Crippen LogP contribution in [0.2, 0.25) is 0 Å². The van der Waals surface area contributed by atoms with Gasteiger partial charge in [-0.05, 0) is 24.6 Å². The minimum atomic E-state index is -1.66. The maximum absolute atomic E-state index is 14.2. The first-order valence-corrected chi connectivity index (χ1v) is 7.49. The fourth-order valence-corrected chi connectivity index (χ4v) is 2.61. The molecule has 1 aliphatic heterocycles. The van der Waals surface area contributed by atoms with E-state index in [0.717, 1.165) is 10.3 Å². The van der Waals surface area contributed by atoms with Crippen LogP contribution in [0.15, 0.2) is 47.4 Å². The lowest BCUT2D eigenvalue weighted by atomic mass is 10.1. The van der Waals surface area contributed by atoms with Gasteiger partial charge >= 0.3 is 5.69 Å². The Labute approximate surface area is 132 Å². The van der Waals surface area contributed by atoms with Crippen molar-refractivity contribution in [2.45, 2.75) is 38.0 Å². The van der Waals surface area contributed by atoms with Crippen LogP contribution in [0, 0.1) is 0 Å². The maximum atomic E-state index is 14.2. The summed E-state index contributed by atoms with van der Waals surface area (Å²) in [5.41, 5.74) is 0.154. The molecule has 122 valence electrons. The molecule has 2 aromatic rings. The van der Waals surface area contributed by atoms with Crippen LogP contribution in [0.4, 0.5) is 15.9 Å². The van der Waals surface area contributed by atoms with E-state index in [1.54, 1.807) is 13.0 Å². The van der Waals surface area contributed by atoms with Gasteiger partial charge in [0.05, 0.1) is 6.10 Å². The number of anilines is 2. The van der Waals surface area contributed by atoms with Gasteiger partial charge in [0.25, 0.3) is 0 Å². The Bertz CT molecular complexity index is 722. The van der Waals surface area contributed by atoms with Crippen LogP contribution < -0.4 is 11.0 Å². The molecule has 0 bridgehead atoms. The number of rotatable bonds is 4. The smallest absolute Gasteiger partial charge is 0.351 e. The fraction of sp³-hybridized carbons (Fsp3) is 0.375. The Morgan fingerprint density at radius 2 is 2.09 bits per heavy atom. The Morgan fingerprint density at radius 1 is 1.35 bits per heavy atom. The van der Waals surface area contributed by atoms with Crippen molar-refractivity contribution in [1.29, 1.82) is 0 Å². The summed E-state index contributed by atoms with van der Waals surface area (Å²) in [4.78, 5) is 16.0. The molecule has 4 atom stereocenters.